The summed E-state index contributed by atoms with van der Waals surface area (Å²) in [5.74, 6) is 0.343. The monoisotopic (exact) mass is 376 g/mol. The predicted molar refractivity (Wildman–Crippen MR) is 105 cm³/mol. The highest BCUT2D eigenvalue weighted by Gasteiger charge is 2.48. The Balaban J connectivity index is 1.34. The van der Waals surface area contributed by atoms with Crippen LogP contribution in [0.2, 0.25) is 0 Å². The van der Waals surface area contributed by atoms with E-state index in [4.69, 9.17) is 9.47 Å². The van der Waals surface area contributed by atoms with Gasteiger partial charge in [-0.15, -0.1) is 0 Å². The van der Waals surface area contributed by atoms with Gasteiger partial charge < -0.3 is 9.47 Å². The lowest BCUT2D eigenvalue weighted by Crippen LogP contribution is -2.56. The molecule has 144 valence electrons. The summed E-state index contributed by atoms with van der Waals surface area (Å²) in [4.78, 5) is 19.7. The van der Waals surface area contributed by atoms with Gasteiger partial charge in [-0.3, -0.25) is 14.7 Å². The first-order chi connectivity index (χ1) is 13.8. The van der Waals surface area contributed by atoms with Gasteiger partial charge in [0.25, 0.3) is 0 Å². The maximum atomic E-state index is 13.2. The largest absolute Gasteiger partial charge is 0.496 e. The Hall–Kier alpha value is -2.50. The summed E-state index contributed by atoms with van der Waals surface area (Å²) in [6.07, 6.45) is 7.19. The maximum Gasteiger partial charge on any atom is 0.173 e. The molecule has 2 aromatic rings. The molecular formula is C23H24N2O3. The third kappa shape index (κ3) is 3.25. The van der Waals surface area contributed by atoms with Crippen molar-refractivity contribution in [2.45, 2.75) is 31.6 Å². The van der Waals surface area contributed by atoms with E-state index < -0.39 is 0 Å². The van der Waals surface area contributed by atoms with Gasteiger partial charge in [-0.05, 0) is 30.0 Å². The Morgan fingerprint density at radius 2 is 2.00 bits per heavy atom. The van der Waals surface area contributed by atoms with Crippen molar-refractivity contribution >= 4 is 11.4 Å². The van der Waals surface area contributed by atoms with Crippen LogP contribution in [-0.4, -0.2) is 41.2 Å². The minimum Gasteiger partial charge on any atom is -0.496 e. The van der Waals surface area contributed by atoms with E-state index in [0.717, 1.165) is 31.5 Å². The topological polar surface area (TPSA) is 51.7 Å². The first-order valence-electron chi connectivity index (χ1n) is 9.98. The van der Waals surface area contributed by atoms with Gasteiger partial charge in [0.1, 0.15) is 6.10 Å². The summed E-state index contributed by atoms with van der Waals surface area (Å²) in [5, 5.41) is 0. The number of nitrogens with zero attached hydrogens (tertiary/aromatic N) is 2. The Morgan fingerprint density at radius 3 is 2.82 bits per heavy atom. The zero-order chi connectivity index (χ0) is 18.9. The number of carbonyl (C=O) groups is 1. The second-order valence-electron chi connectivity index (χ2n) is 7.92. The zero-order valence-corrected chi connectivity index (χ0v) is 15.7. The number of ketones is 1. The molecule has 3 heterocycles. The van der Waals surface area contributed by atoms with E-state index in [0.29, 0.717) is 12.3 Å². The molecule has 0 amide bonds. The van der Waals surface area contributed by atoms with Crippen LogP contribution in [0.25, 0.3) is 5.57 Å². The van der Waals surface area contributed by atoms with Gasteiger partial charge in [0, 0.05) is 31.4 Å². The molecule has 0 radical (unpaired) electrons. The molecule has 2 fully saturated rings. The molecule has 3 aliphatic rings. The number of ether oxygens (including phenoxy) is 2. The molecular weight excluding hydrogens is 352 g/mol. The molecule has 28 heavy (non-hydrogen) atoms. The second-order valence-corrected chi connectivity index (χ2v) is 7.92. The summed E-state index contributed by atoms with van der Waals surface area (Å²) >= 11 is 0. The van der Waals surface area contributed by atoms with Crippen molar-refractivity contribution in [1.29, 1.82) is 0 Å². The molecule has 4 unspecified atom stereocenters. The fourth-order valence-electron chi connectivity index (χ4n) is 4.78. The van der Waals surface area contributed by atoms with E-state index >= 15 is 0 Å². The van der Waals surface area contributed by atoms with Crippen LogP contribution in [0.1, 0.15) is 24.0 Å². The fourth-order valence-corrected chi connectivity index (χ4v) is 4.78. The third-order valence-electron chi connectivity index (χ3n) is 6.16. The summed E-state index contributed by atoms with van der Waals surface area (Å²) in [7, 11) is 0. The van der Waals surface area contributed by atoms with E-state index in [1.807, 2.05) is 42.6 Å². The van der Waals surface area contributed by atoms with E-state index in [9.17, 15) is 4.79 Å². The maximum absolute atomic E-state index is 13.2. The standard InChI is InChI=1S/C23H24N2O3/c26-22-18-8-9-21-19(13-25(15-28-21)12-16-5-4-10-24-11-16)23(18)27-14-20(22)17-6-2-1-3-7-17/h1-7,10-11,14,18-19,21,23H,8-9,12-13,15H2. The molecule has 5 rings (SSSR count). The fraction of sp³-hybridized carbons (Fsp3) is 0.391. The first-order valence-corrected chi connectivity index (χ1v) is 9.98. The number of allylic oxidation sites excluding steroid dienone is 1. The molecule has 1 aliphatic carbocycles. The second kappa shape index (κ2) is 7.49. The summed E-state index contributed by atoms with van der Waals surface area (Å²) in [6.45, 7) is 2.29. The average molecular weight is 376 g/mol. The van der Waals surface area contributed by atoms with E-state index in [1.165, 1.54) is 5.56 Å². The van der Waals surface area contributed by atoms with Crippen molar-refractivity contribution in [1.82, 2.24) is 9.88 Å². The molecule has 5 heteroatoms. The molecule has 2 aliphatic heterocycles. The van der Waals surface area contributed by atoms with Gasteiger partial charge in [-0.1, -0.05) is 36.4 Å². The molecule has 0 bridgehead atoms. The number of hydrogen-bond acceptors (Lipinski definition) is 5. The van der Waals surface area contributed by atoms with Crippen molar-refractivity contribution in [3.63, 3.8) is 0 Å². The number of rotatable bonds is 3. The Labute approximate surface area is 165 Å². The molecule has 0 N–H and O–H groups in total. The lowest BCUT2D eigenvalue weighted by Gasteiger charge is -2.48. The average Bonchev–Trinajstić information content (AvgIpc) is 2.75. The van der Waals surface area contributed by atoms with Crippen molar-refractivity contribution < 1.29 is 14.3 Å². The highest BCUT2D eigenvalue weighted by Crippen LogP contribution is 2.42. The lowest BCUT2D eigenvalue weighted by molar-refractivity contribution is -0.171. The molecule has 1 saturated carbocycles. The summed E-state index contributed by atoms with van der Waals surface area (Å²) < 4.78 is 12.3. The summed E-state index contributed by atoms with van der Waals surface area (Å²) in [5.41, 5.74) is 2.80. The van der Waals surface area contributed by atoms with Crippen LogP contribution in [0.5, 0.6) is 0 Å². The van der Waals surface area contributed by atoms with Gasteiger partial charge in [0.2, 0.25) is 0 Å². The quantitative estimate of drug-likeness (QED) is 0.823. The van der Waals surface area contributed by atoms with Crippen molar-refractivity contribution in [2.75, 3.05) is 13.3 Å². The first kappa shape index (κ1) is 17.6. The minimum absolute atomic E-state index is 0.0802. The van der Waals surface area contributed by atoms with Crippen LogP contribution in [0.15, 0.2) is 61.1 Å². The van der Waals surface area contributed by atoms with Gasteiger partial charge in [-0.25, -0.2) is 0 Å². The number of fused-ring (bicyclic) bond motifs is 3. The van der Waals surface area contributed by atoms with Crippen LogP contribution >= 0.6 is 0 Å². The van der Waals surface area contributed by atoms with Gasteiger partial charge >= 0.3 is 0 Å². The zero-order valence-electron chi connectivity index (χ0n) is 15.7. The predicted octanol–water partition coefficient (Wildman–Crippen LogP) is 3.28. The Bertz CT molecular complexity index is 868. The van der Waals surface area contributed by atoms with Crippen LogP contribution in [0.4, 0.5) is 0 Å². The molecule has 4 atom stereocenters. The Kier molecular flexibility index (Phi) is 4.71. The Morgan fingerprint density at radius 1 is 1.11 bits per heavy atom. The van der Waals surface area contributed by atoms with E-state index in [1.54, 1.807) is 12.5 Å². The van der Waals surface area contributed by atoms with Gasteiger partial charge in [0.05, 0.1) is 30.6 Å². The van der Waals surface area contributed by atoms with Gasteiger partial charge in [0.15, 0.2) is 5.78 Å². The van der Waals surface area contributed by atoms with Crippen LogP contribution in [0.3, 0.4) is 0 Å². The molecule has 1 aromatic carbocycles. The number of hydrogen-bond donors (Lipinski definition) is 0. The molecule has 1 aromatic heterocycles. The molecule has 1 saturated heterocycles. The van der Waals surface area contributed by atoms with E-state index in [-0.39, 0.29) is 29.8 Å². The lowest BCUT2D eigenvalue weighted by atomic mass is 9.71. The summed E-state index contributed by atoms with van der Waals surface area (Å²) in [6, 6.07) is 13.9. The number of pyridine rings is 1. The SMILES string of the molecule is O=C1C(c2ccccc2)=COC2C1CCC1OCN(Cc3cccnc3)CC12. The number of carbonyl (C=O) groups excluding carboxylic acids is 1. The molecule has 0 spiro atoms. The van der Waals surface area contributed by atoms with Crippen LogP contribution < -0.4 is 0 Å². The highest BCUT2D eigenvalue weighted by atomic mass is 16.5. The number of Topliss-reactive ketones (excluding diaryl/α,β-unsaturated/α-hetero) is 1. The minimum atomic E-state index is -0.101. The number of aromatic nitrogens is 1. The van der Waals surface area contributed by atoms with Crippen LogP contribution in [-0.2, 0) is 20.8 Å². The smallest absolute Gasteiger partial charge is 0.173 e. The highest BCUT2D eigenvalue weighted by molar-refractivity contribution is 6.22. The normalized spacial score (nSPS) is 30.0. The van der Waals surface area contributed by atoms with Crippen molar-refractivity contribution in [3.05, 3.63) is 72.2 Å². The van der Waals surface area contributed by atoms with E-state index in [2.05, 4.69) is 16.0 Å². The van der Waals surface area contributed by atoms with Gasteiger partial charge in [-0.2, -0.15) is 0 Å². The third-order valence-corrected chi connectivity index (χ3v) is 6.16. The molecule has 5 nitrogen and oxygen atoms in total. The number of benzene rings is 1. The van der Waals surface area contributed by atoms with Crippen molar-refractivity contribution in [2.24, 2.45) is 11.8 Å². The van der Waals surface area contributed by atoms with Crippen LogP contribution in [0, 0.1) is 11.8 Å². The van der Waals surface area contributed by atoms with Crippen molar-refractivity contribution in [3.8, 4) is 0 Å².